The Morgan fingerprint density at radius 2 is 2.37 bits per heavy atom. The van der Waals surface area contributed by atoms with Gasteiger partial charge in [-0.05, 0) is 39.3 Å². The van der Waals surface area contributed by atoms with Crippen molar-refractivity contribution in [3.05, 3.63) is 27.9 Å². The number of piperidine rings is 1. The normalized spacial score (nSPS) is 19.5. The molecule has 1 saturated heterocycles. The van der Waals surface area contributed by atoms with E-state index >= 15 is 0 Å². The van der Waals surface area contributed by atoms with Crippen LogP contribution in [0.15, 0.2) is 12.3 Å². The van der Waals surface area contributed by atoms with Crippen LogP contribution in [0.4, 0.5) is 11.5 Å². The van der Waals surface area contributed by atoms with Gasteiger partial charge in [0.25, 0.3) is 5.69 Å². The lowest BCUT2D eigenvalue weighted by Crippen LogP contribution is -2.45. The number of likely N-dealkylation sites (N-methyl/N-ethyl adjacent to an activating group) is 1. The summed E-state index contributed by atoms with van der Waals surface area (Å²) >= 11 is 0. The first-order valence-electron chi connectivity index (χ1n) is 6.65. The molecule has 1 fully saturated rings. The van der Waals surface area contributed by atoms with Crippen molar-refractivity contribution >= 4 is 11.5 Å². The number of aryl methyl sites for hydroxylation is 1. The maximum absolute atomic E-state index is 10.8. The second kappa shape index (κ2) is 5.97. The fourth-order valence-corrected chi connectivity index (χ4v) is 2.63. The molecule has 1 aromatic heterocycles. The van der Waals surface area contributed by atoms with E-state index in [4.69, 9.17) is 0 Å². The van der Waals surface area contributed by atoms with Gasteiger partial charge in [0.1, 0.15) is 12.0 Å². The van der Waals surface area contributed by atoms with E-state index in [0.717, 1.165) is 31.7 Å². The van der Waals surface area contributed by atoms with Gasteiger partial charge in [-0.3, -0.25) is 10.1 Å². The van der Waals surface area contributed by atoms with Gasteiger partial charge in [-0.25, -0.2) is 4.98 Å². The monoisotopic (exact) mass is 264 g/mol. The minimum absolute atomic E-state index is 0.0888. The zero-order chi connectivity index (χ0) is 13.8. The highest BCUT2D eigenvalue weighted by Crippen LogP contribution is 2.26. The molecule has 6 nitrogen and oxygen atoms in total. The van der Waals surface area contributed by atoms with Gasteiger partial charge >= 0.3 is 0 Å². The first-order chi connectivity index (χ1) is 9.13. The lowest BCUT2D eigenvalue weighted by Gasteiger charge is -2.36. The Morgan fingerprint density at radius 1 is 1.58 bits per heavy atom. The van der Waals surface area contributed by atoms with E-state index in [1.54, 1.807) is 6.92 Å². The molecule has 0 saturated carbocycles. The molecule has 0 amide bonds. The van der Waals surface area contributed by atoms with Gasteiger partial charge < -0.3 is 10.2 Å². The quantitative estimate of drug-likeness (QED) is 0.664. The summed E-state index contributed by atoms with van der Waals surface area (Å²) in [4.78, 5) is 17.0. The molecule has 1 N–H and O–H groups in total. The lowest BCUT2D eigenvalue weighted by molar-refractivity contribution is -0.385. The summed E-state index contributed by atoms with van der Waals surface area (Å²) in [6.07, 6.45) is 4.89. The molecular formula is C13H20N4O2. The third kappa shape index (κ3) is 3.01. The number of nitro groups is 1. The number of hydrogen-bond acceptors (Lipinski definition) is 5. The van der Waals surface area contributed by atoms with Crippen molar-refractivity contribution in [3.8, 4) is 0 Å². The number of nitrogens with zero attached hydrogens (tertiary/aromatic N) is 3. The van der Waals surface area contributed by atoms with E-state index in [0.29, 0.717) is 11.6 Å². The summed E-state index contributed by atoms with van der Waals surface area (Å²) in [5.74, 6) is 0.850. The molecule has 0 radical (unpaired) electrons. The fourth-order valence-electron chi connectivity index (χ4n) is 2.63. The standard InChI is InChI=1S/C13H20N4O2/c1-10-7-13(15-9-12(10)17(18)19)16-6-4-3-5-11(16)8-14-2/h7,9,11,14H,3-6,8H2,1-2H3. The van der Waals surface area contributed by atoms with E-state index < -0.39 is 0 Å². The zero-order valence-corrected chi connectivity index (χ0v) is 11.4. The Hall–Kier alpha value is -1.69. The van der Waals surface area contributed by atoms with Crippen LogP contribution in [0, 0.1) is 17.0 Å². The topological polar surface area (TPSA) is 71.3 Å². The molecule has 1 unspecified atom stereocenters. The lowest BCUT2D eigenvalue weighted by atomic mass is 10.0. The van der Waals surface area contributed by atoms with Crippen LogP contribution >= 0.6 is 0 Å². The molecule has 0 aliphatic carbocycles. The number of nitrogens with one attached hydrogen (secondary N) is 1. The predicted octanol–water partition coefficient (Wildman–Crippen LogP) is 1.88. The maximum Gasteiger partial charge on any atom is 0.290 e. The van der Waals surface area contributed by atoms with Gasteiger partial charge in [0, 0.05) is 24.7 Å². The molecule has 1 aromatic rings. The van der Waals surface area contributed by atoms with Gasteiger partial charge in [0.05, 0.1) is 4.92 Å². The fraction of sp³-hybridized carbons (Fsp3) is 0.615. The molecule has 2 rings (SSSR count). The van der Waals surface area contributed by atoms with E-state index in [2.05, 4.69) is 15.2 Å². The highest BCUT2D eigenvalue weighted by molar-refractivity contribution is 5.49. The molecule has 6 heteroatoms. The highest BCUT2D eigenvalue weighted by atomic mass is 16.6. The second-order valence-corrected chi connectivity index (χ2v) is 4.99. The number of aromatic nitrogens is 1. The van der Waals surface area contributed by atoms with Gasteiger partial charge in [0.15, 0.2) is 0 Å². The molecule has 2 heterocycles. The summed E-state index contributed by atoms with van der Waals surface area (Å²) in [5.41, 5.74) is 0.759. The third-order valence-electron chi connectivity index (χ3n) is 3.63. The largest absolute Gasteiger partial charge is 0.352 e. The molecule has 1 atom stereocenters. The Morgan fingerprint density at radius 3 is 3.00 bits per heavy atom. The average molecular weight is 264 g/mol. The molecule has 19 heavy (non-hydrogen) atoms. The summed E-state index contributed by atoms with van der Waals surface area (Å²) in [5, 5.41) is 14.0. The molecule has 1 aliphatic heterocycles. The Kier molecular flexibility index (Phi) is 4.31. The van der Waals surface area contributed by atoms with E-state index in [9.17, 15) is 10.1 Å². The highest BCUT2D eigenvalue weighted by Gasteiger charge is 2.24. The van der Waals surface area contributed by atoms with Gasteiger partial charge in [-0.15, -0.1) is 0 Å². The van der Waals surface area contributed by atoms with Crippen molar-refractivity contribution < 1.29 is 4.92 Å². The van der Waals surface area contributed by atoms with Crippen molar-refractivity contribution in [2.75, 3.05) is 25.0 Å². The number of rotatable bonds is 4. The van der Waals surface area contributed by atoms with Gasteiger partial charge in [-0.1, -0.05) is 0 Å². The smallest absolute Gasteiger partial charge is 0.290 e. The summed E-state index contributed by atoms with van der Waals surface area (Å²) in [7, 11) is 1.95. The van der Waals surface area contributed by atoms with Crippen LogP contribution in [-0.4, -0.2) is 36.1 Å². The Balaban J connectivity index is 2.24. The molecule has 0 bridgehead atoms. The van der Waals surface area contributed by atoms with Crippen LogP contribution in [0.1, 0.15) is 24.8 Å². The Bertz CT molecular complexity index is 462. The predicted molar refractivity (Wildman–Crippen MR) is 74.5 cm³/mol. The van der Waals surface area contributed by atoms with Crippen LogP contribution in [-0.2, 0) is 0 Å². The van der Waals surface area contributed by atoms with Crippen molar-refractivity contribution in [2.24, 2.45) is 0 Å². The van der Waals surface area contributed by atoms with Crippen LogP contribution in [0.2, 0.25) is 0 Å². The van der Waals surface area contributed by atoms with Crippen molar-refractivity contribution in [1.29, 1.82) is 0 Å². The summed E-state index contributed by atoms with van der Waals surface area (Å²) < 4.78 is 0. The van der Waals surface area contributed by atoms with E-state index in [-0.39, 0.29) is 10.6 Å². The SMILES string of the molecule is CNCC1CCCCN1c1cc(C)c([N+](=O)[O-])cn1. The minimum atomic E-state index is -0.382. The van der Waals surface area contributed by atoms with Gasteiger partial charge in [-0.2, -0.15) is 0 Å². The molecule has 1 aliphatic rings. The number of hydrogen-bond donors (Lipinski definition) is 1. The zero-order valence-electron chi connectivity index (χ0n) is 11.4. The first kappa shape index (κ1) is 13.7. The van der Waals surface area contributed by atoms with Crippen molar-refractivity contribution in [1.82, 2.24) is 10.3 Å². The van der Waals surface area contributed by atoms with Crippen LogP contribution < -0.4 is 10.2 Å². The number of pyridine rings is 1. The third-order valence-corrected chi connectivity index (χ3v) is 3.63. The Labute approximate surface area is 113 Å². The summed E-state index contributed by atoms with van der Waals surface area (Å²) in [6, 6.07) is 2.25. The number of anilines is 1. The molecule has 0 spiro atoms. The first-order valence-corrected chi connectivity index (χ1v) is 6.65. The van der Waals surface area contributed by atoms with Gasteiger partial charge in [0.2, 0.25) is 0 Å². The second-order valence-electron chi connectivity index (χ2n) is 4.99. The minimum Gasteiger partial charge on any atom is -0.352 e. The van der Waals surface area contributed by atoms with E-state index in [1.165, 1.54) is 12.6 Å². The summed E-state index contributed by atoms with van der Waals surface area (Å²) in [6.45, 7) is 3.65. The van der Waals surface area contributed by atoms with Crippen LogP contribution in [0.3, 0.4) is 0 Å². The van der Waals surface area contributed by atoms with Crippen LogP contribution in [0.5, 0.6) is 0 Å². The molecule has 0 aromatic carbocycles. The van der Waals surface area contributed by atoms with Crippen molar-refractivity contribution in [3.63, 3.8) is 0 Å². The van der Waals surface area contributed by atoms with Crippen molar-refractivity contribution in [2.45, 2.75) is 32.2 Å². The average Bonchev–Trinajstić information content (AvgIpc) is 2.39. The van der Waals surface area contributed by atoms with E-state index in [1.807, 2.05) is 13.1 Å². The molecule has 104 valence electrons. The molecular weight excluding hydrogens is 244 g/mol. The maximum atomic E-state index is 10.8. The van der Waals surface area contributed by atoms with Crippen LogP contribution in [0.25, 0.3) is 0 Å².